The van der Waals surface area contributed by atoms with Crippen LogP contribution in [-0.4, -0.2) is 6.29 Å². The smallest absolute Gasteiger partial charge is 0.116 e. The fourth-order valence-corrected chi connectivity index (χ4v) is 0. The van der Waals surface area contributed by atoms with Gasteiger partial charge in [0.2, 0.25) is 0 Å². The van der Waals surface area contributed by atoms with Gasteiger partial charge in [-0.3, -0.25) is 0 Å². The molecular formula is C6H10O. The quantitative estimate of drug-likeness (QED) is 0.329. The molecule has 0 N–H and O–H groups in total. The number of terminal acetylenes is 1. The second-order valence-electron chi connectivity index (χ2n) is 0.793. The van der Waals surface area contributed by atoms with Crippen molar-refractivity contribution in [3.8, 4) is 12.3 Å². The van der Waals surface area contributed by atoms with Crippen LogP contribution in [0.25, 0.3) is 0 Å². The molecule has 0 heterocycles. The summed E-state index contributed by atoms with van der Waals surface area (Å²) in [5, 5.41) is 0. The predicted molar refractivity (Wildman–Crippen MR) is 30.9 cm³/mol. The zero-order valence-corrected chi connectivity index (χ0v) is 4.77. The van der Waals surface area contributed by atoms with Gasteiger partial charge in [-0.25, -0.2) is 0 Å². The highest BCUT2D eigenvalue weighted by Crippen LogP contribution is 1.58. The molecule has 1 heteroatoms. The lowest BCUT2D eigenvalue weighted by Gasteiger charge is -1.52. The van der Waals surface area contributed by atoms with Crippen LogP contribution in [0.15, 0.2) is 0 Å². The van der Waals surface area contributed by atoms with Gasteiger partial charge in [0.1, 0.15) is 6.29 Å². The van der Waals surface area contributed by atoms with Gasteiger partial charge in [0.25, 0.3) is 0 Å². The van der Waals surface area contributed by atoms with Crippen molar-refractivity contribution in [1.82, 2.24) is 0 Å². The molecule has 7 heavy (non-hydrogen) atoms. The van der Waals surface area contributed by atoms with Crippen molar-refractivity contribution in [2.45, 2.75) is 20.3 Å². The number of carbonyl (C=O) groups excluding carboxylic acids is 1. The van der Waals surface area contributed by atoms with Crippen LogP contribution in [0.3, 0.4) is 0 Å². The van der Waals surface area contributed by atoms with E-state index in [0.29, 0.717) is 0 Å². The second kappa shape index (κ2) is 18.8. The third kappa shape index (κ3) is 1030. The average Bonchev–Trinajstić information content (AvgIpc) is 1.69. The zero-order chi connectivity index (χ0) is 6.12. The molecule has 0 fully saturated rings. The maximum Gasteiger partial charge on any atom is 0.116 e. The predicted octanol–water partition coefficient (Wildman–Crippen LogP) is 1.23. The topological polar surface area (TPSA) is 17.1 Å². The van der Waals surface area contributed by atoms with Crippen LogP contribution in [0.1, 0.15) is 20.3 Å². The van der Waals surface area contributed by atoms with Crippen molar-refractivity contribution in [2.75, 3.05) is 0 Å². The SMILES string of the molecule is C#CCC.CC=O. The van der Waals surface area contributed by atoms with E-state index in [0.717, 1.165) is 12.7 Å². The number of carbonyl (C=O) groups is 1. The normalized spacial score (nSPS) is 4.71. The Morgan fingerprint density at radius 2 is 2.00 bits per heavy atom. The fraction of sp³-hybridized carbons (Fsp3) is 0.500. The molecule has 0 amide bonds. The molecule has 40 valence electrons. The van der Waals surface area contributed by atoms with E-state index in [-0.39, 0.29) is 0 Å². The van der Waals surface area contributed by atoms with Crippen LogP contribution in [0.5, 0.6) is 0 Å². The lowest BCUT2D eigenvalue weighted by atomic mass is 10.5. The van der Waals surface area contributed by atoms with Crippen molar-refractivity contribution >= 4 is 6.29 Å². The molecule has 0 unspecified atom stereocenters. The lowest BCUT2D eigenvalue weighted by molar-refractivity contribution is -0.106. The largest absolute Gasteiger partial charge is 0.304 e. The Kier molecular flexibility index (Phi) is 25.6. The maximum absolute atomic E-state index is 8.81. The minimum absolute atomic E-state index is 0.750. The Morgan fingerprint density at radius 3 is 2.00 bits per heavy atom. The molecule has 0 saturated heterocycles. The molecule has 0 aromatic rings. The Hall–Kier alpha value is -0.770. The lowest BCUT2D eigenvalue weighted by Crippen LogP contribution is -1.38. The second-order valence-corrected chi connectivity index (χ2v) is 0.793. The fourth-order valence-electron chi connectivity index (χ4n) is 0. The van der Waals surface area contributed by atoms with E-state index >= 15 is 0 Å². The minimum Gasteiger partial charge on any atom is -0.304 e. The molecule has 0 rings (SSSR count). The van der Waals surface area contributed by atoms with Crippen molar-refractivity contribution in [2.24, 2.45) is 0 Å². The van der Waals surface area contributed by atoms with Gasteiger partial charge in [0, 0.05) is 6.42 Å². The molecule has 0 radical (unpaired) electrons. The molecule has 0 spiro atoms. The van der Waals surface area contributed by atoms with E-state index in [4.69, 9.17) is 11.2 Å². The van der Waals surface area contributed by atoms with Crippen molar-refractivity contribution in [1.29, 1.82) is 0 Å². The van der Waals surface area contributed by atoms with Gasteiger partial charge in [-0.15, -0.1) is 12.3 Å². The Morgan fingerprint density at radius 1 is 1.86 bits per heavy atom. The van der Waals surface area contributed by atoms with Crippen LogP contribution in [0.2, 0.25) is 0 Å². The van der Waals surface area contributed by atoms with Crippen molar-refractivity contribution in [3.05, 3.63) is 0 Å². The summed E-state index contributed by atoms with van der Waals surface area (Å²) in [7, 11) is 0. The first-order valence-electron chi connectivity index (χ1n) is 2.16. The Bertz CT molecular complexity index is 59.1. The van der Waals surface area contributed by atoms with E-state index in [9.17, 15) is 0 Å². The number of rotatable bonds is 0. The van der Waals surface area contributed by atoms with Crippen LogP contribution in [0.4, 0.5) is 0 Å². The van der Waals surface area contributed by atoms with Crippen LogP contribution in [0, 0.1) is 12.3 Å². The third-order valence-corrected chi connectivity index (χ3v) is 0.204. The average molecular weight is 98.1 g/mol. The van der Waals surface area contributed by atoms with Gasteiger partial charge in [-0.2, -0.15) is 0 Å². The standard InChI is InChI=1S/C4H6.C2H4O/c1-3-4-2;1-2-3/h1H,4H2,2H3;2H,1H3. The van der Waals surface area contributed by atoms with Crippen molar-refractivity contribution < 1.29 is 4.79 Å². The van der Waals surface area contributed by atoms with E-state index in [1.54, 1.807) is 0 Å². The van der Waals surface area contributed by atoms with Crippen LogP contribution >= 0.6 is 0 Å². The molecule has 0 aromatic heterocycles. The molecule has 0 atom stereocenters. The molecule has 0 aromatic carbocycles. The molecular weight excluding hydrogens is 88.1 g/mol. The van der Waals surface area contributed by atoms with Crippen LogP contribution in [-0.2, 0) is 4.79 Å². The highest BCUT2D eigenvalue weighted by molar-refractivity contribution is 5.44. The summed E-state index contributed by atoms with van der Waals surface area (Å²) >= 11 is 0. The van der Waals surface area contributed by atoms with Gasteiger partial charge < -0.3 is 4.79 Å². The van der Waals surface area contributed by atoms with Gasteiger partial charge in [0.15, 0.2) is 0 Å². The van der Waals surface area contributed by atoms with Gasteiger partial charge >= 0.3 is 0 Å². The first-order chi connectivity index (χ1) is 3.33. The molecule has 1 nitrogen and oxygen atoms in total. The number of aldehydes is 1. The number of hydrogen-bond donors (Lipinski definition) is 0. The maximum atomic E-state index is 8.81. The Labute approximate surface area is 44.7 Å². The summed E-state index contributed by atoms with van der Waals surface area (Å²) in [6, 6.07) is 0. The summed E-state index contributed by atoms with van der Waals surface area (Å²) in [6.07, 6.45) is 6.38. The highest BCUT2D eigenvalue weighted by Gasteiger charge is 1.43. The molecule has 0 aliphatic carbocycles. The van der Waals surface area contributed by atoms with E-state index in [1.165, 1.54) is 6.92 Å². The van der Waals surface area contributed by atoms with Crippen LogP contribution < -0.4 is 0 Å². The van der Waals surface area contributed by atoms with Gasteiger partial charge in [-0.05, 0) is 6.92 Å². The first-order valence-corrected chi connectivity index (χ1v) is 2.16. The molecule has 0 saturated carbocycles. The van der Waals surface area contributed by atoms with Gasteiger partial charge in [-0.1, -0.05) is 6.92 Å². The summed E-state index contributed by atoms with van der Waals surface area (Å²) in [5.41, 5.74) is 0. The summed E-state index contributed by atoms with van der Waals surface area (Å²) in [6.45, 7) is 3.39. The first kappa shape index (κ1) is 9.52. The Balaban J connectivity index is 0. The highest BCUT2D eigenvalue weighted by atomic mass is 16.1. The van der Waals surface area contributed by atoms with E-state index in [2.05, 4.69) is 5.92 Å². The molecule has 0 aliphatic heterocycles. The van der Waals surface area contributed by atoms with E-state index in [1.807, 2.05) is 6.92 Å². The monoisotopic (exact) mass is 98.1 g/mol. The zero-order valence-electron chi connectivity index (χ0n) is 4.77. The summed E-state index contributed by atoms with van der Waals surface area (Å²) in [5.74, 6) is 2.43. The van der Waals surface area contributed by atoms with Gasteiger partial charge in [0.05, 0.1) is 0 Å². The third-order valence-electron chi connectivity index (χ3n) is 0.204. The summed E-state index contributed by atoms with van der Waals surface area (Å²) < 4.78 is 0. The minimum atomic E-state index is 0.750. The van der Waals surface area contributed by atoms with Crippen molar-refractivity contribution in [3.63, 3.8) is 0 Å². The summed E-state index contributed by atoms with van der Waals surface area (Å²) in [4.78, 5) is 8.81. The molecule has 0 bridgehead atoms. The van der Waals surface area contributed by atoms with E-state index < -0.39 is 0 Å². The number of hydrogen-bond acceptors (Lipinski definition) is 1. The molecule has 0 aliphatic rings.